The molecule has 0 spiro atoms. The number of likely N-dealkylation sites (tertiary alicyclic amines) is 1. The maximum absolute atomic E-state index is 12.8. The summed E-state index contributed by atoms with van der Waals surface area (Å²) in [4.78, 5) is 39.9. The normalized spacial score (nSPS) is 19.2. The summed E-state index contributed by atoms with van der Waals surface area (Å²) < 4.78 is 5.92. The van der Waals surface area contributed by atoms with Crippen molar-refractivity contribution >= 4 is 23.5 Å². The van der Waals surface area contributed by atoms with Gasteiger partial charge in [0.2, 0.25) is 5.91 Å². The first-order valence-corrected chi connectivity index (χ1v) is 8.89. The summed E-state index contributed by atoms with van der Waals surface area (Å²) in [5.74, 6) is 0.0861. The Balaban J connectivity index is 1.74. The third-order valence-electron chi connectivity index (χ3n) is 4.62. The number of nitrogens with one attached hydrogen (secondary N) is 2. The molecular weight excluding hydrogens is 336 g/mol. The molecule has 26 heavy (non-hydrogen) atoms. The molecule has 1 aromatic rings. The molecule has 0 saturated carbocycles. The fraction of sp³-hybridized carbons (Fsp3) is 0.500. The van der Waals surface area contributed by atoms with E-state index in [0.717, 1.165) is 38.0 Å². The summed E-state index contributed by atoms with van der Waals surface area (Å²) in [6.07, 6.45) is 2.50. The minimum absolute atomic E-state index is 0.0302. The van der Waals surface area contributed by atoms with Gasteiger partial charge in [-0.1, -0.05) is 12.1 Å². The average molecular weight is 360 g/mol. The molecule has 3 rings (SSSR count). The lowest BCUT2D eigenvalue weighted by molar-refractivity contribution is -0.139. The molecule has 1 atom stereocenters. The second kappa shape index (κ2) is 8.07. The van der Waals surface area contributed by atoms with Crippen molar-refractivity contribution in [1.29, 1.82) is 0 Å². The Bertz CT molecular complexity index is 688. The van der Waals surface area contributed by atoms with Crippen LogP contribution < -0.4 is 20.3 Å². The summed E-state index contributed by atoms with van der Waals surface area (Å²) >= 11 is 0. The van der Waals surface area contributed by atoms with Crippen LogP contribution in [0.2, 0.25) is 0 Å². The van der Waals surface area contributed by atoms with Gasteiger partial charge in [-0.15, -0.1) is 0 Å². The van der Waals surface area contributed by atoms with E-state index >= 15 is 0 Å². The van der Waals surface area contributed by atoms with Crippen LogP contribution in [0.15, 0.2) is 24.3 Å². The molecular formula is C18H24N4O4. The largest absolute Gasteiger partial charge is 0.477 e. The van der Waals surface area contributed by atoms with E-state index in [1.54, 1.807) is 11.0 Å². The Kier molecular flexibility index (Phi) is 5.60. The topological polar surface area (TPSA) is 91.0 Å². The Morgan fingerprint density at radius 1 is 1.15 bits per heavy atom. The Morgan fingerprint density at radius 2 is 1.88 bits per heavy atom. The van der Waals surface area contributed by atoms with Gasteiger partial charge >= 0.3 is 6.03 Å². The van der Waals surface area contributed by atoms with Gasteiger partial charge in [-0.25, -0.2) is 4.79 Å². The molecule has 0 unspecified atom stereocenters. The van der Waals surface area contributed by atoms with Gasteiger partial charge in [0, 0.05) is 20.1 Å². The summed E-state index contributed by atoms with van der Waals surface area (Å²) in [6, 6.07) is 6.74. The maximum atomic E-state index is 12.8. The number of nitrogens with zero attached hydrogens (tertiary/aromatic N) is 2. The van der Waals surface area contributed by atoms with Crippen LogP contribution in [-0.2, 0) is 9.59 Å². The van der Waals surface area contributed by atoms with Crippen LogP contribution in [0.4, 0.5) is 10.5 Å². The zero-order chi connectivity index (χ0) is 18.5. The minimum Gasteiger partial charge on any atom is -0.477 e. The fourth-order valence-corrected chi connectivity index (χ4v) is 3.31. The predicted octanol–water partition coefficient (Wildman–Crippen LogP) is 0.722. The van der Waals surface area contributed by atoms with Crippen LogP contribution in [0.25, 0.3) is 0 Å². The number of benzene rings is 1. The van der Waals surface area contributed by atoms with Gasteiger partial charge in [-0.2, -0.15) is 0 Å². The molecule has 1 aromatic carbocycles. The predicted molar refractivity (Wildman–Crippen MR) is 96.1 cm³/mol. The van der Waals surface area contributed by atoms with Gasteiger partial charge in [-0.05, 0) is 31.4 Å². The molecule has 140 valence electrons. The summed E-state index contributed by atoms with van der Waals surface area (Å²) in [7, 11) is 1.44. The van der Waals surface area contributed by atoms with E-state index in [-0.39, 0.29) is 19.0 Å². The smallest absolute Gasteiger partial charge is 0.321 e. The molecule has 2 aliphatic heterocycles. The van der Waals surface area contributed by atoms with E-state index < -0.39 is 18.0 Å². The SMILES string of the molecule is CNC(=O)NC(=O)CN1C[C@@H](C(=O)N2CCCCC2)Oc2ccccc21. The van der Waals surface area contributed by atoms with Crippen molar-refractivity contribution in [1.82, 2.24) is 15.5 Å². The molecule has 0 radical (unpaired) electrons. The summed E-state index contributed by atoms with van der Waals surface area (Å²) in [5, 5.41) is 4.60. The molecule has 0 bridgehead atoms. The Labute approximate surface area is 152 Å². The number of anilines is 1. The lowest BCUT2D eigenvalue weighted by Crippen LogP contribution is -2.53. The van der Waals surface area contributed by atoms with Gasteiger partial charge in [0.15, 0.2) is 6.10 Å². The van der Waals surface area contributed by atoms with Gasteiger partial charge in [0.05, 0.1) is 18.8 Å². The quantitative estimate of drug-likeness (QED) is 0.829. The van der Waals surface area contributed by atoms with E-state index in [1.807, 2.05) is 23.1 Å². The molecule has 0 aromatic heterocycles. The number of carbonyl (C=O) groups is 3. The van der Waals surface area contributed by atoms with Crippen molar-refractivity contribution in [2.45, 2.75) is 25.4 Å². The second-order valence-corrected chi connectivity index (χ2v) is 6.47. The second-order valence-electron chi connectivity index (χ2n) is 6.47. The highest BCUT2D eigenvalue weighted by Gasteiger charge is 2.34. The van der Waals surface area contributed by atoms with Gasteiger partial charge in [0.1, 0.15) is 5.75 Å². The first-order chi connectivity index (χ1) is 12.6. The highest BCUT2D eigenvalue weighted by atomic mass is 16.5. The summed E-state index contributed by atoms with van der Waals surface area (Å²) in [5.41, 5.74) is 0.738. The van der Waals surface area contributed by atoms with Crippen molar-refractivity contribution in [3.05, 3.63) is 24.3 Å². The first-order valence-electron chi connectivity index (χ1n) is 8.89. The molecule has 2 aliphatic rings. The fourth-order valence-electron chi connectivity index (χ4n) is 3.31. The number of imide groups is 1. The zero-order valence-corrected chi connectivity index (χ0v) is 14.9. The van der Waals surface area contributed by atoms with Crippen molar-refractivity contribution in [3.8, 4) is 5.75 Å². The van der Waals surface area contributed by atoms with E-state index in [4.69, 9.17) is 4.74 Å². The Hall–Kier alpha value is -2.77. The number of hydrogen-bond acceptors (Lipinski definition) is 5. The molecule has 8 heteroatoms. The third-order valence-corrected chi connectivity index (χ3v) is 4.62. The lowest BCUT2D eigenvalue weighted by atomic mass is 10.1. The van der Waals surface area contributed by atoms with Gasteiger partial charge in [-0.3, -0.25) is 14.9 Å². The minimum atomic E-state index is -0.657. The highest BCUT2D eigenvalue weighted by molar-refractivity contribution is 5.96. The molecule has 0 aliphatic carbocycles. The number of rotatable bonds is 3. The number of piperidine rings is 1. The van der Waals surface area contributed by atoms with Crippen LogP contribution in [0.1, 0.15) is 19.3 Å². The number of fused-ring (bicyclic) bond motifs is 1. The highest BCUT2D eigenvalue weighted by Crippen LogP contribution is 2.33. The zero-order valence-electron chi connectivity index (χ0n) is 14.9. The maximum Gasteiger partial charge on any atom is 0.321 e. The van der Waals surface area contributed by atoms with E-state index in [9.17, 15) is 14.4 Å². The van der Waals surface area contributed by atoms with Crippen molar-refractivity contribution in [3.63, 3.8) is 0 Å². The number of hydrogen-bond donors (Lipinski definition) is 2. The molecule has 8 nitrogen and oxygen atoms in total. The standard InChI is InChI=1S/C18H24N4O4/c1-19-18(25)20-16(23)12-22-11-15(17(24)21-9-5-2-6-10-21)26-14-8-4-3-7-13(14)22/h3-4,7-8,15H,2,5-6,9-12H2,1H3,(H2,19,20,23,25)/t15-/m0/s1. The van der Waals surface area contributed by atoms with Gasteiger partial charge in [0.25, 0.3) is 5.91 Å². The van der Waals surface area contributed by atoms with Gasteiger partial charge < -0.3 is 19.9 Å². The number of carbonyl (C=O) groups excluding carboxylic acids is 3. The third kappa shape index (κ3) is 4.07. The lowest BCUT2D eigenvalue weighted by Gasteiger charge is -2.38. The first kappa shape index (κ1) is 18.0. The molecule has 1 fully saturated rings. The molecule has 4 amide bonds. The van der Waals surface area contributed by atoms with Crippen LogP contribution in [-0.4, -0.2) is 62.1 Å². The average Bonchev–Trinajstić information content (AvgIpc) is 2.67. The molecule has 2 N–H and O–H groups in total. The van der Waals surface area contributed by atoms with Crippen LogP contribution in [0.3, 0.4) is 0 Å². The molecule has 1 saturated heterocycles. The number of ether oxygens (including phenoxy) is 1. The van der Waals surface area contributed by atoms with E-state index in [1.165, 1.54) is 7.05 Å². The Morgan fingerprint density at radius 3 is 2.62 bits per heavy atom. The van der Waals surface area contributed by atoms with Crippen LogP contribution in [0.5, 0.6) is 5.75 Å². The summed E-state index contributed by atoms with van der Waals surface area (Å²) in [6.45, 7) is 1.74. The van der Waals surface area contributed by atoms with Crippen LogP contribution >= 0.6 is 0 Å². The van der Waals surface area contributed by atoms with Crippen molar-refractivity contribution < 1.29 is 19.1 Å². The van der Waals surface area contributed by atoms with Crippen molar-refractivity contribution in [2.24, 2.45) is 0 Å². The molecule has 2 heterocycles. The number of amides is 4. The van der Waals surface area contributed by atoms with E-state index in [2.05, 4.69) is 10.6 Å². The van der Waals surface area contributed by atoms with Crippen LogP contribution in [0, 0.1) is 0 Å². The number of urea groups is 1. The number of para-hydroxylation sites is 2. The monoisotopic (exact) mass is 360 g/mol. The van der Waals surface area contributed by atoms with Crippen molar-refractivity contribution in [2.75, 3.05) is 38.1 Å². The van der Waals surface area contributed by atoms with E-state index in [0.29, 0.717) is 5.75 Å².